The molecule has 0 aromatic carbocycles. The number of hydrogen-bond donors (Lipinski definition) is 1. The molecule has 1 amide bonds. The number of carbonyl (C=O) groups is 1. The van der Waals surface area contributed by atoms with Crippen LogP contribution in [0.5, 0.6) is 0 Å². The van der Waals surface area contributed by atoms with Crippen molar-refractivity contribution in [2.24, 2.45) is 0 Å². The third-order valence-corrected chi connectivity index (χ3v) is 2.61. The number of amides is 1. The van der Waals surface area contributed by atoms with Crippen LogP contribution in [-0.2, 0) is 0 Å². The van der Waals surface area contributed by atoms with Crippen molar-refractivity contribution in [1.29, 1.82) is 0 Å². The van der Waals surface area contributed by atoms with Crippen LogP contribution in [-0.4, -0.2) is 27.9 Å². The summed E-state index contributed by atoms with van der Waals surface area (Å²) in [6, 6.07) is 0. The van der Waals surface area contributed by atoms with Crippen LogP contribution in [0.15, 0.2) is 6.20 Å². The molecule has 0 aliphatic rings. The maximum atomic E-state index is 11.3. The molecule has 0 saturated heterocycles. The average molecular weight is 234 g/mol. The predicted molar refractivity (Wildman–Crippen MR) is 56.8 cm³/mol. The SMILES string of the molecule is O=C(NCCCCCCl)c1cnns1. The zero-order valence-electron chi connectivity index (χ0n) is 7.70. The Morgan fingerprint density at radius 3 is 3.00 bits per heavy atom. The molecule has 1 N–H and O–H groups in total. The van der Waals surface area contributed by atoms with E-state index in [0.717, 1.165) is 30.8 Å². The molecule has 78 valence electrons. The monoisotopic (exact) mass is 233 g/mol. The summed E-state index contributed by atoms with van der Waals surface area (Å²) in [7, 11) is 0. The zero-order valence-corrected chi connectivity index (χ0v) is 9.27. The third-order valence-electron chi connectivity index (χ3n) is 1.68. The Kier molecular flexibility index (Phi) is 5.47. The van der Waals surface area contributed by atoms with Gasteiger partial charge >= 0.3 is 0 Å². The van der Waals surface area contributed by atoms with Gasteiger partial charge in [-0.1, -0.05) is 10.9 Å². The van der Waals surface area contributed by atoms with E-state index in [1.54, 1.807) is 0 Å². The van der Waals surface area contributed by atoms with Gasteiger partial charge in [-0.2, -0.15) is 0 Å². The van der Waals surface area contributed by atoms with Gasteiger partial charge in [0.25, 0.3) is 5.91 Å². The van der Waals surface area contributed by atoms with Crippen LogP contribution in [0.4, 0.5) is 0 Å². The lowest BCUT2D eigenvalue weighted by atomic mass is 10.2. The van der Waals surface area contributed by atoms with Crippen LogP contribution in [0.25, 0.3) is 0 Å². The molecule has 6 heteroatoms. The number of nitrogens with one attached hydrogen (secondary N) is 1. The second-order valence-electron chi connectivity index (χ2n) is 2.79. The molecule has 0 fully saturated rings. The highest BCUT2D eigenvalue weighted by Gasteiger charge is 2.06. The fourth-order valence-electron chi connectivity index (χ4n) is 0.953. The first-order chi connectivity index (χ1) is 6.84. The number of aromatic nitrogens is 2. The molecule has 1 heterocycles. The Bertz CT molecular complexity index is 266. The van der Waals surface area contributed by atoms with Crippen molar-refractivity contribution in [2.45, 2.75) is 19.3 Å². The van der Waals surface area contributed by atoms with E-state index in [0.29, 0.717) is 17.3 Å². The van der Waals surface area contributed by atoms with E-state index in [-0.39, 0.29) is 5.91 Å². The number of unbranched alkanes of at least 4 members (excludes halogenated alkanes) is 2. The van der Waals surface area contributed by atoms with Crippen molar-refractivity contribution in [3.8, 4) is 0 Å². The van der Waals surface area contributed by atoms with Gasteiger partial charge in [-0.25, -0.2) is 0 Å². The Morgan fingerprint density at radius 1 is 1.50 bits per heavy atom. The summed E-state index contributed by atoms with van der Waals surface area (Å²) >= 11 is 6.63. The molecular formula is C8H12ClN3OS. The van der Waals surface area contributed by atoms with Crippen LogP contribution in [0.2, 0.25) is 0 Å². The minimum absolute atomic E-state index is 0.0918. The highest BCUT2D eigenvalue weighted by molar-refractivity contribution is 7.07. The van der Waals surface area contributed by atoms with Crippen molar-refractivity contribution in [3.05, 3.63) is 11.1 Å². The molecule has 0 radical (unpaired) electrons. The second kappa shape index (κ2) is 6.73. The van der Waals surface area contributed by atoms with Gasteiger partial charge in [0.1, 0.15) is 4.88 Å². The fourth-order valence-corrected chi connectivity index (χ4v) is 1.57. The van der Waals surface area contributed by atoms with Gasteiger partial charge in [0, 0.05) is 12.4 Å². The number of nitrogens with zero attached hydrogens (tertiary/aromatic N) is 2. The van der Waals surface area contributed by atoms with Gasteiger partial charge in [0.2, 0.25) is 0 Å². The van der Waals surface area contributed by atoms with Crippen LogP contribution in [0.1, 0.15) is 28.9 Å². The molecular weight excluding hydrogens is 222 g/mol. The van der Waals surface area contributed by atoms with E-state index in [9.17, 15) is 4.79 Å². The maximum absolute atomic E-state index is 11.3. The first-order valence-corrected chi connectivity index (χ1v) is 5.77. The summed E-state index contributed by atoms with van der Waals surface area (Å²) in [4.78, 5) is 11.9. The molecule has 4 nitrogen and oxygen atoms in total. The van der Waals surface area contributed by atoms with E-state index in [1.165, 1.54) is 6.20 Å². The normalized spacial score (nSPS) is 10.1. The molecule has 1 aromatic rings. The first-order valence-electron chi connectivity index (χ1n) is 4.46. The van der Waals surface area contributed by atoms with E-state index in [2.05, 4.69) is 14.9 Å². The number of rotatable bonds is 6. The number of halogens is 1. The Hall–Kier alpha value is -0.680. The lowest BCUT2D eigenvalue weighted by molar-refractivity contribution is 0.0957. The lowest BCUT2D eigenvalue weighted by Gasteiger charge is -2.01. The minimum atomic E-state index is -0.0918. The second-order valence-corrected chi connectivity index (χ2v) is 3.95. The molecule has 1 rings (SSSR count). The Balaban J connectivity index is 2.10. The molecule has 14 heavy (non-hydrogen) atoms. The van der Waals surface area contributed by atoms with Gasteiger partial charge < -0.3 is 5.32 Å². The van der Waals surface area contributed by atoms with Crippen LogP contribution in [0, 0.1) is 0 Å². The summed E-state index contributed by atoms with van der Waals surface area (Å²) in [6.45, 7) is 0.688. The standard InChI is InChI=1S/C8H12ClN3OS/c9-4-2-1-3-5-10-8(13)7-6-11-12-14-7/h6H,1-5H2,(H,10,13). The molecule has 0 atom stereocenters. The van der Waals surface area contributed by atoms with Gasteiger partial charge in [-0.15, -0.1) is 16.7 Å². The summed E-state index contributed by atoms with van der Waals surface area (Å²) in [5.41, 5.74) is 0. The molecule has 0 bridgehead atoms. The molecule has 0 aliphatic carbocycles. The predicted octanol–water partition coefficient (Wildman–Crippen LogP) is 1.68. The fraction of sp³-hybridized carbons (Fsp3) is 0.625. The Morgan fingerprint density at radius 2 is 2.36 bits per heavy atom. The smallest absolute Gasteiger partial charge is 0.264 e. The maximum Gasteiger partial charge on any atom is 0.264 e. The summed E-state index contributed by atoms with van der Waals surface area (Å²) < 4.78 is 3.61. The minimum Gasteiger partial charge on any atom is -0.351 e. The van der Waals surface area contributed by atoms with Gasteiger partial charge in [0.05, 0.1) is 6.20 Å². The van der Waals surface area contributed by atoms with Crippen molar-refractivity contribution in [2.75, 3.05) is 12.4 Å². The summed E-state index contributed by atoms with van der Waals surface area (Å²) in [5.74, 6) is 0.595. The van der Waals surface area contributed by atoms with E-state index in [1.807, 2.05) is 0 Å². The van der Waals surface area contributed by atoms with E-state index < -0.39 is 0 Å². The summed E-state index contributed by atoms with van der Waals surface area (Å²) in [5, 5.41) is 6.38. The van der Waals surface area contributed by atoms with Gasteiger partial charge in [0.15, 0.2) is 0 Å². The van der Waals surface area contributed by atoms with Gasteiger partial charge in [-0.3, -0.25) is 4.79 Å². The highest BCUT2D eigenvalue weighted by Crippen LogP contribution is 2.01. The number of alkyl halides is 1. The molecule has 1 aromatic heterocycles. The zero-order chi connectivity index (χ0) is 10.2. The van der Waals surface area contributed by atoms with Crippen LogP contribution >= 0.6 is 23.1 Å². The van der Waals surface area contributed by atoms with E-state index >= 15 is 0 Å². The van der Waals surface area contributed by atoms with Crippen LogP contribution < -0.4 is 5.32 Å². The quantitative estimate of drug-likeness (QED) is 0.601. The van der Waals surface area contributed by atoms with Crippen molar-refractivity contribution in [1.82, 2.24) is 14.9 Å². The van der Waals surface area contributed by atoms with Crippen molar-refractivity contribution in [3.63, 3.8) is 0 Å². The average Bonchev–Trinajstić information content (AvgIpc) is 2.70. The summed E-state index contributed by atoms with van der Waals surface area (Å²) in [6.07, 6.45) is 4.48. The molecule has 0 spiro atoms. The number of hydrogen-bond acceptors (Lipinski definition) is 4. The molecule has 0 saturated carbocycles. The largest absolute Gasteiger partial charge is 0.351 e. The third kappa shape index (κ3) is 4.02. The van der Waals surface area contributed by atoms with E-state index in [4.69, 9.17) is 11.6 Å². The van der Waals surface area contributed by atoms with Crippen LogP contribution in [0.3, 0.4) is 0 Å². The van der Waals surface area contributed by atoms with Gasteiger partial charge in [-0.05, 0) is 24.4 Å². The van der Waals surface area contributed by atoms with Crippen molar-refractivity contribution >= 4 is 29.0 Å². The first kappa shape index (κ1) is 11.4. The van der Waals surface area contributed by atoms with Crippen molar-refractivity contribution < 1.29 is 4.79 Å². The Labute approximate surface area is 91.8 Å². The lowest BCUT2D eigenvalue weighted by Crippen LogP contribution is -2.23. The molecule has 0 unspecified atom stereocenters. The molecule has 0 aliphatic heterocycles. The number of carbonyl (C=O) groups excluding carboxylic acids is 1. The highest BCUT2D eigenvalue weighted by atomic mass is 35.5. The topological polar surface area (TPSA) is 54.9 Å².